The second kappa shape index (κ2) is 8.37. The van der Waals surface area contributed by atoms with Gasteiger partial charge in [-0.2, -0.15) is 0 Å². The predicted octanol–water partition coefficient (Wildman–Crippen LogP) is 1.82. The number of benzene rings is 1. The number of nitrogen functional groups attached to an aromatic ring is 1. The highest BCUT2D eigenvalue weighted by molar-refractivity contribution is 5.97. The van der Waals surface area contributed by atoms with Crippen LogP contribution in [-0.4, -0.2) is 32.3 Å². The molecule has 0 unspecified atom stereocenters. The minimum Gasteiger partial charge on any atom is -0.490 e. The quantitative estimate of drug-likeness (QED) is 0.556. The smallest absolute Gasteiger partial charge is 0.255 e. The lowest BCUT2D eigenvalue weighted by Gasteiger charge is -2.12. The van der Waals surface area contributed by atoms with Crippen LogP contribution in [0.15, 0.2) is 18.2 Å². The monoisotopic (exact) mass is 266 g/mol. The van der Waals surface area contributed by atoms with Crippen LogP contribution >= 0.6 is 0 Å². The van der Waals surface area contributed by atoms with E-state index in [0.717, 1.165) is 6.42 Å². The zero-order valence-electron chi connectivity index (χ0n) is 11.6. The zero-order valence-corrected chi connectivity index (χ0v) is 11.6. The van der Waals surface area contributed by atoms with Gasteiger partial charge in [-0.25, -0.2) is 0 Å². The summed E-state index contributed by atoms with van der Waals surface area (Å²) >= 11 is 0. The summed E-state index contributed by atoms with van der Waals surface area (Å²) in [6.45, 7) is 6.10. The van der Waals surface area contributed by atoms with Crippen molar-refractivity contribution in [1.82, 2.24) is 5.32 Å². The first-order valence-electron chi connectivity index (χ1n) is 6.57. The number of rotatable bonds is 8. The van der Waals surface area contributed by atoms with Gasteiger partial charge in [0.05, 0.1) is 12.2 Å². The minimum atomic E-state index is -0.160. The molecule has 1 aromatic carbocycles. The van der Waals surface area contributed by atoms with Crippen molar-refractivity contribution < 1.29 is 14.3 Å². The average molecular weight is 266 g/mol. The van der Waals surface area contributed by atoms with Gasteiger partial charge in [0.25, 0.3) is 5.91 Å². The Morgan fingerprint density at radius 2 is 2.05 bits per heavy atom. The Kier molecular flexibility index (Phi) is 6.74. The third kappa shape index (κ3) is 5.18. The van der Waals surface area contributed by atoms with Gasteiger partial charge < -0.3 is 20.5 Å². The van der Waals surface area contributed by atoms with Gasteiger partial charge in [-0.3, -0.25) is 4.79 Å². The van der Waals surface area contributed by atoms with Gasteiger partial charge >= 0.3 is 0 Å². The van der Waals surface area contributed by atoms with Crippen LogP contribution in [-0.2, 0) is 4.74 Å². The molecule has 0 fully saturated rings. The highest BCUT2D eigenvalue weighted by atomic mass is 16.5. The van der Waals surface area contributed by atoms with E-state index in [-0.39, 0.29) is 5.91 Å². The van der Waals surface area contributed by atoms with E-state index in [1.165, 1.54) is 0 Å². The van der Waals surface area contributed by atoms with Crippen molar-refractivity contribution >= 4 is 11.6 Å². The van der Waals surface area contributed by atoms with Crippen molar-refractivity contribution in [2.45, 2.75) is 20.3 Å². The Balaban J connectivity index is 2.63. The van der Waals surface area contributed by atoms with Crippen LogP contribution in [0.5, 0.6) is 5.75 Å². The SMILES string of the molecule is CCCOCCOc1cc(N)ccc1C(=O)NCC. The molecule has 106 valence electrons. The summed E-state index contributed by atoms with van der Waals surface area (Å²) in [7, 11) is 0. The molecule has 0 saturated heterocycles. The second-order valence-corrected chi connectivity index (χ2v) is 4.08. The molecular formula is C14H22N2O3. The number of nitrogens with two attached hydrogens (primary N) is 1. The van der Waals surface area contributed by atoms with Crippen LogP contribution in [0.2, 0.25) is 0 Å². The summed E-state index contributed by atoms with van der Waals surface area (Å²) in [6, 6.07) is 5.01. The number of nitrogens with one attached hydrogen (secondary N) is 1. The van der Waals surface area contributed by atoms with E-state index in [1.807, 2.05) is 13.8 Å². The van der Waals surface area contributed by atoms with Gasteiger partial charge in [-0.15, -0.1) is 0 Å². The summed E-state index contributed by atoms with van der Waals surface area (Å²) in [5, 5.41) is 2.74. The molecular weight excluding hydrogens is 244 g/mol. The summed E-state index contributed by atoms with van der Waals surface area (Å²) in [5.74, 6) is 0.332. The van der Waals surface area contributed by atoms with Gasteiger partial charge in [-0.1, -0.05) is 6.92 Å². The first-order valence-corrected chi connectivity index (χ1v) is 6.57. The van der Waals surface area contributed by atoms with E-state index < -0.39 is 0 Å². The normalized spacial score (nSPS) is 10.2. The molecule has 0 radical (unpaired) electrons. The topological polar surface area (TPSA) is 73.6 Å². The van der Waals surface area contributed by atoms with Gasteiger partial charge in [0.1, 0.15) is 12.4 Å². The van der Waals surface area contributed by atoms with E-state index in [2.05, 4.69) is 5.32 Å². The molecule has 5 heteroatoms. The first kappa shape index (κ1) is 15.3. The molecule has 0 aliphatic heterocycles. The molecule has 1 amide bonds. The van der Waals surface area contributed by atoms with Gasteiger partial charge in [0.2, 0.25) is 0 Å². The molecule has 0 aromatic heterocycles. The third-order valence-corrected chi connectivity index (χ3v) is 2.42. The van der Waals surface area contributed by atoms with E-state index in [4.69, 9.17) is 15.2 Å². The molecule has 1 rings (SSSR count). The van der Waals surface area contributed by atoms with E-state index in [0.29, 0.717) is 43.4 Å². The summed E-state index contributed by atoms with van der Waals surface area (Å²) in [6.07, 6.45) is 0.975. The van der Waals surface area contributed by atoms with Gasteiger partial charge in [0, 0.05) is 24.9 Å². The average Bonchev–Trinajstić information content (AvgIpc) is 2.39. The van der Waals surface area contributed by atoms with Crippen LogP contribution in [0, 0.1) is 0 Å². The molecule has 5 nitrogen and oxygen atoms in total. The molecule has 0 aliphatic carbocycles. The van der Waals surface area contributed by atoms with E-state index in [9.17, 15) is 4.79 Å². The molecule has 1 aromatic rings. The van der Waals surface area contributed by atoms with Crippen molar-refractivity contribution in [3.8, 4) is 5.75 Å². The zero-order chi connectivity index (χ0) is 14.1. The minimum absolute atomic E-state index is 0.160. The standard InChI is InChI=1S/C14H22N2O3/c1-3-7-18-8-9-19-13-10-11(15)5-6-12(13)14(17)16-4-2/h5-6,10H,3-4,7-9,15H2,1-2H3,(H,16,17). The summed E-state index contributed by atoms with van der Waals surface area (Å²) in [5.41, 5.74) is 6.77. The van der Waals surface area contributed by atoms with Crippen LogP contribution in [0.25, 0.3) is 0 Å². The number of hydrogen-bond donors (Lipinski definition) is 2. The van der Waals surface area contributed by atoms with E-state index >= 15 is 0 Å². The van der Waals surface area contributed by atoms with Crippen molar-refractivity contribution in [1.29, 1.82) is 0 Å². The summed E-state index contributed by atoms with van der Waals surface area (Å²) in [4.78, 5) is 11.8. The molecule has 0 atom stereocenters. The Morgan fingerprint density at radius 3 is 2.74 bits per heavy atom. The lowest BCUT2D eigenvalue weighted by Crippen LogP contribution is -2.23. The molecule has 3 N–H and O–H groups in total. The Bertz CT molecular complexity index is 408. The number of amides is 1. The number of carbonyl (C=O) groups excluding carboxylic acids is 1. The fourth-order valence-electron chi connectivity index (χ4n) is 1.56. The maximum absolute atomic E-state index is 11.8. The highest BCUT2D eigenvalue weighted by Gasteiger charge is 2.12. The molecule has 19 heavy (non-hydrogen) atoms. The molecule has 0 bridgehead atoms. The van der Waals surface area contributed by atoms with E-state index in [1.54, 1.807) is 18.2 Å². The molecule has 0 spiro atoms. The predicted molar refractivity (Wildman–Crippen MR) is 75.5 cm³/mol. The number of hydrogen-bond acceptors (Lipinski definition) is 4. The number of carbonyl (C=O) groups is 1. The lowest BCUT2D eigenvalue weighted by atomic mass is 10.1. The van der Waals surface area contributed by atoms with Gasteiger partial charge in [0.15, 0.2) is 0 Å². The van der Waals surface area contributed by atoms with Crippen LogP contribution in [0.1, 0.15) is 30.6 Å². The van der Waals surface area contributed by atoms with Crippen molar-refractivity contribution in [3.63, 3.8) is 0 Å². The van der Waals surface area contributed by atoms with Crippen molar-refractivity contribution in [2.75, 3.05) is 32.1 Å². The fourth-order valence-corrected chi connectivity index (χ4v) is 1.56. The summed E-state index contributed by atoms with van der Waals surface area (Å²) < 4.78 is 10.9. The lowest BCUT2D eigenvalue weighted by molar-refractivity contribution is 0.0926. The Labute approximate surface area is 114 Å². The van der Waals surface area contributed by atoms with Gasteiger partial charge in [-0.05, 0) is 25.5 Å². The van der Waals surface area contributed by atoms with Crippen molar-refractivity contribution in [3.05, 3.63) is 23.8 Å². The highest BCUT2D eigenvalue weighted by Crippen LogP contribution is 2.21. The van der Waals surface area contributed by atoms with Crippen LogP contribution in [0.3, 0.4) is 0 Å². The Morgan fingerprint density at radius 1 is 1.26 bits per heavy atom. The molecule has 0 saturated carbocycles. The molecule has 0 heterocycles. The van der Waals surface area contributed by atoms with Crippen LogP contribution in [0.4, 0.5) is 5.69 Å². The third-order valence-electron chi connectivity index (χ3n) is 2.42. The maximum atomic E-state index is 11.8. The fraction of sp³-hybridized carbons (Fsp3) is 0.500. The number of anilines is 1. The first-order chi connectivity index (χ1) is 9.19. The Hall–Kier alpha value is -1.75. The van der Waals surface area contributed by atoms with Crippen molar-refractivity contribution in [2.24, 2.45) is 0 Å². The molecule has 0 aliphatic rings. The van der Waals surface area contributed by atoms with Crippen LogP contribution < -0.4 is 15.8 Å². The maximum Gasteiger partial charge on any atom is 0.255 e. The second-order valence-electron chi connectivity index (χ2n) is 4.08. The number of ether oxygens (including phenoxy) is 2. The largest absolute Gasteiger partial charge is 0.490 e.